The summed E-state index contributed by atoms with van der Waals surface area (Å²) in [5.74, 6) is 0.00116. The van der Waals surface area contributed by atoms with Crippen molar-refractivity contribution in [3.05, 3.63) is 53.0 Å². The second-order valence-electron chi connectivity index (χ2n) is 5.43. The van der Waals surface area contributed by atoms with Gasteiger partial charge in [-0.05, 0) is 54.7 Å². The van der Waals surface area contributed by atoms with Crippen LogP contribution in [0.5, 0.6) is 0 Å². The summed E-state index contributed by atoms with van der Waals surface area (Å²) in [6.07, 6.45) is 2.50. The van der Waals surface area contributed by atoms with Gasteiger partial charge in [-0.2, -0.15) is 0 Å². The van der Waals surface area contributed by atoms with Crippen LogP contribution in [-0.2, 0) is 16.4 Å². The highest BCUT2D eigenvalue weighted by Crippen LogP contribution is 2.32. The van der Waals surface area contributed by atoms with Crippen LogP contribution in [0, 0.1) is 12.7 Å². The number of aromatic nitrogens is 1. The van der Waals surface area contributed by atoms with Crippen LogP contribution >= 0.6 is 0 Å². The highest BCUT2D eigenvalue weighted by Gasteiger charge is 2.28. The second-order valence-corrected chi connectivity index (χ2v) is 7.14. The number of nitrogens with zero attached hydrogens (tertiary/aromatic N) is 1. The number of halogens is 1. The Morgan fingerprint density at radius 2 is 2.14 bits per heavy atom. The van der Waals surface area contributed by atoms with Crippen LogP contribution < -0.4 is 10.5 Å². The summed E-state index contributed by atoms with van der Waals surface area (Å²) in [5, 5.41) is 0. The number of hydrogen-bond donors (Lipinski definition) is 2. The fourth-order valence-electron chi connectivity index (χ4n) is 2.67. The Labute approximate surface area is 128 Å². The standard InChI is InChI=1S/C15H16FN3O2S/c1-9-6-12(8-18-15(9)17)22(20,21)19-14-5-2-10-7-11(16)3-4-13(10)14/h3-4,6-8,14,19H,2,5H2,1H3,(H2,17,18)/t14-/m0/s1. The van der Waals surface area contributed by atoms with E-state index in [0.29, 0.717) is 24.2 Å². The highest BCUT2D eigenvalue weighted by molar-refractivity contribution is 7.89. The quantitative estimate of drug-likeness (QED) is 0.906. The van der Waals surface area contributed by atoms with Gasteiger partial charge in [0.15, 0.2) is 0 Å². The molecule has 2 aromatic rings. The number of fused-ring (bicyclic) bond motifs is 1. The van der Waals surface area contributed by atoms with Gasteiger partial charge in [0.05, 0.1) is 0 Å². The first-order valence-corrected chi connectivity index (χ1v) is 8.38. The van der Waals surface area contributed by atoms with Gasteiger partial charge in [-0.3, -0.25) is 0 Å². The van der Waals surface area contributed by atoms with Crippen LogP contribution in [0.4, 0.5) is 10.2 Å². The molecule has 7 heteroatoms. The number of benzene rings is 1. The zero-order valence-electron chi connectivity index (χ0n) is 12.0. The lowest BCUT2D eigenvalue weighted by molar-refractivity contribution is 0.554. The number of nitrogens with one attached hydrogen (secondary N) is 1. The Morgan fingerprint density at radius 3 is 2.86 bits per heavy atom. The predicted molar refractivity (Wildman–Crippen MR) is 81.2 cm³/mol. The van der Waals surface area contributed by atoms with Crippen LogP contribution in [0.2, 0.25) is 0 Å². The molecule has 0 aliphatic heterocycles. The van der Waals surface area contributed by atoms with Crippen molar-refractivity contribution in [2.75, 3.05) is 5.73 Å². The fraction of sp³-hybridized carbons (Fsp3) is 0.267. The molecular formula is C15H16FN3O2S. The Morgan fingerprint density at radius 1 is 1.36 bits per heavy atom. The van der Waals surface area contributed by atoms with Crippen molar-refractivity contribution < 1.29 is 12.8 Å². The molecule has 116 valence electrons. The van der Waals surface area contributed by atoms with Gasteiger partial charge in [0.2, 0.25) is 10.0 Å². The molecule has 0 unspecified atom stereocenters. The third-order valence-electron chi connectivity index (χ3n) is 3.88. The molecule has 1 aromatic carbocycles. The van der Waals surface area contributed by atoms with Gasteiger partial charge in [0, 0.05) is 12.2 Å². The van der Waals surface area contributed by atoms with Crippen molar-refractivity contribution in [3.63, 3.8) is 0 Å². The lowest BCUT2D eigenvalue weighted by Crippen LogP contribution is -2.27. The molecule has 0 spiro atoms. The maximum absolute atomic E-state index is 13.2. The Hall–Kier alpha value is -1.99. The van der Waals surface area contributed by atoms with Gasteiger partial charge in [0.1, 0.15) is 16.5 Å². The zero-order chi connectivity index (χ0) is 15.9. The summed E-state index contributed by atoms with van der Waals surface area (Å²) in [6.45, 7) is 1.70. The first-order chi connectivity index (χ1) is 10.4. The third-order valence-corrected chi connectivity index (χ3v) is 5.32. The van der Waals surface area contributed by atoms with Gasteiger partial charge in [-0.1, -0.05) is 6.07 Å². The summed E-state index contributed by atoms with van der Waals surface area (Å²) >= 11 is 0. The second kappa shape index (κ2) is 5.33. The Kier molecular flexibility index (Phi) is 3.62. The SMILES string of the molecule is Cc1cc(S(=O)(=O)N[C@H]2CCc3cc(F)ccc32)cnc1N. The number of pyridine rings is 1. The summed E-state index contributed by atoms with van der Waals surface area (Å²) < 4.78 is 40.8. The van der Waals surface area contributed by atoms with E-state index in [1.807, 2.05) is 0 Å². The molecule has 0 amide bonds. The molecule has 3 rings (SSSR count). The van der Waals surface area contributed by atoms with Crippen molar-refractivity contribution in [1.82, 2.24) is 9.71 Å². The van der Waals surface area contributed by atoms with Crippen molar-refractivity contribution in [2.45, 2.75) is 30.7 Å². The number of aryl methyl sites for hydroxylation is 2. The molecule has 0 bridgehead atoms. The van der Waals surface area contributed by atoms with Crippen LogP contribution in [-0.4, -0.2) is 13.4 Å². The van der Waals surface area contributed by atoms with Crippen LogP contribution in [0.15, 0.2) is 35.4 Å². The topological polar surface area (TPSA) is 85.1 Å². The van der Waals surface area contributed by atoms with E-state index in [1.54, 1.807) is 13.0 Å². The van der Waals surface area contributed by atoms with E-state index in [4.69, 9.17) is 5.73 Å². The molecule has 1 heterocycles. The van der Waals surface area contributed by atoms with Gasteiger partial charge >= 0.3 is 0 Å². The molecule has 1 aliphatic rings. The first-order valence-electron chi connectivity index (χ1n) is 6.89. The molecule has 0 radical (unpaired) electrons. The molecule has 22 heavy (non-hydrogen) atoms. The Balaban J connectivity index is 1.89. The van der Waals surface area contributed by atoms with E-state index in [0.717, 1.165) is 11.1 Å². The van der Waals surface area contributed by atoms with E-state index in [-0.39, 0.29) is 16.8 Å². The molecule has 1 atom stereocenters. The maximum Gasteiger partial charge on any atom is 0.242 e. The smallest absolute Gasteiger partial charge is 0.242 e. The molecule has 5 nitrogen and oxygen atoms in total. The number of nitrogens with two attached hydrogens (primary N) is 1. The van der Waals surface area contributed by atoms with Gasteiger partial charge < -0.3 is 5.73 Å². The largest absolute Gasteiger partial charge is 0.383 e. The van der Waals surface area contributed by atoms with Crippen LogP contribution in [0.3, 0.4) is 0 Å². The average Bonchev–Trinajstić information content (AvgIpc) is 2.83. The minimum atomic E-state index is -3.70. The summed E-state index contributed by atoms with van der Waals surface area (Å²) in [4.78, 5) is 3.96. The lowest BCUT2D eigenvalue weighted by Gasteiger charge is -2.15. The third kappa shape index (κ3) is 2.69. The molecule has 1 aromatic heterocycles. The summed E-state index contributed by atoms with van der Waals surface area (Å²) in [5.41, 5.74) is 7.89. The lowest BCUT2D eigenvalue weighted by atomic mass is 10.1. The molecular weight excluding hydrogens is 305 g/mol. The van der Waals surface area contributed by atoms with E-state index < -0.39 is 10.0 Å². The van der Waals surface area contributed by atoms with Crippen molar-refractivity contribution >= 4 is 15.8 Å². The monoisotopic (exact) mass is 321 g/mol. The van der Waals surface area contributed by atoms with Crippen molar-refractivity contribution in [3.8, 4) is 0 Å². The van der Waals surface area contributed by atoms with Gasteiger partial charge in [0.25, 0.3) is 0 Å². The minimum absolute atomic E-state index is 0.0785. The Bertz CT molecular complexity index is 837. The average molecular weight is 321 g/mol. The predicted octanol–water partition coefficient (Wildman–Crippen LogP) is 2.08. The summed E-state index contributed by atoms with van der Waals surface area (Å²) in [6, 6.07) is 5.58. The molecule has 0 fully saturated rings. The maximum atomic E-state index is 13.2. The van der Waals surface area contributed by atoms with Gasteiger partial charge in [-0.25, -0.2) is 22.5 Å². The molecule has 0 saturated carbocycles. The normalized spacial score (nSPS) is 17.5. The number of hydrogen-bond acceptors (Lipinski definition) is 4. The number of nitrogen functional groups attached to an aromatic ring is 1. The number of anilines is 1. The molecule has 1 aliphatic carbocycles. The van der Waals surface area contributed by atoms with E-state index in [2.05, 4.69) is 9.71 Å². The highest BCUT2D eigenvalue weighted by atomic mass is 32.2. The van der Waals surface area contributed by atoms with Crippen molar-refractivity contribution in [2.24, 2.45) is 0 Å². The molecule has 0 saturated heterocycles. The number of rotatable bonds is 3. The van der Waals surface area contributed by atoms with Crippen molar-refractivity contribution in [1.29, 1.82) is 0 Å². The zero-order valence-corrected chi connectivity index (χ0v) is 12.8. The van der Waals surface area contributed by atoms with Crippen LogP contribution in [0.1, 0.15) is 29.2 Å². The minimum Gasteiger partial charge on any atom is -0.383 e. The first kappa shape index (κ1) is 14.9. The fourth-order valence-corrected chi connectivity index (χ4v) is 3.95. The van der Waals surface area contributed by atoms with Crippen LogP contribution in [0.25, 0.3) is 0 Å². The number of sulfonamides is 1. The molecule has 3 N–H and O–H groups in total. The van der Waals surface area contributed by atoms with E-state index in [9.17, 15) is 12.8 Å². The summed E-state index contributed by atoms with van der Waals surface area (Å²) in [7, 11) is -3.70. The van der Waals surface area contributed by atoms with E-state index in [1.165, 1.54) is 24.4 Å². The van der Waals surface area contributed by atoms with E-state index >= 15 is 0 Å². The van der Waals surface area contributed by atoms with Gasteiger partial charge in [-0.15, -0.1) is 0 Å².